The van der Waals surface area contributed by atoms with Gasteiger partial charge in [-0.05, 0) is 18.1 Å². The van der Waals surface area contributed by atoms with Gasteiger partial charge in [-0.1, -0.05) is 13.8 Å². The van der Waals surface area contributed by atoms with Crippen molar-refractivity contribution in [2.24, 2.45) is 0 Å². The van der Waals surface area contributed by atoms with E-state index in [4.69, 9.17) is 0 Å². The third-order valence-electron chi connectivity index (χ3n) is 2.03. The molecular formula is C10H12N4. The van der Waals surface area contributed by atoms with Crippen LogP contribution in [0.2, 0.25) is 0 Å². The van der Waals surface area contributed by atoms with E-state index < -0.39 is 0 Å². The summed E-state index contributed by atoms with van der Waals surface area (Å²) in [7, 11) is 0. The second kappa shape index (κ2) is 3.57. The lowest BCUT2D eigenvalue weighted by Gasteiger charge is -2.00. The lowest BCUT2D eigenvalue weighted by Crippen LogP contribution is -1.97. The molecule has 0 aromatic carbocycles. The largest absolute Gasteiger partial charge is 0.239 e. The molecule has 0 atom stereocenters. The van der Waals surface area contributed by atoms with Gasteiger partial charge in [-0.2, -0.15) is 15.3 Å². The van der Waals surface area contributed by atoms with Crippen LogP contribution < -0.4 is 0 Å². The topological polar surface area (TPSA) is 43.6 Å². The first-order chi connectivity index (χ1) is 6.77. The molecule has 4 nitrogen and oxygen atoms in total. The van der Waals surface area contributed by atoms with Crippen LogP contribution in [0.3, 0.4) is 0 Å². The Hall–Kier alpha value is -1.71. The molecule has 4 heteroatoms. The summed E-state index contributed by atoms with van der Waals surface area (Å²) in [6, 6.07) is 3.90. The molecule has 0 amide bonds. The summed E-state index contributed by atoms with van der Waals surface area (Å²) < 4.78 is 1.81. The molecule has 0 unspecified atom stereocenters. The molecule has 0 saturated heterocycles. The van der Waals surface area contributed by atoms with Crippen molar-refractivity contribution in [2.75, 3.05) is 0 Å². The molecule has 0 bridgehead atoms. The summed E-state index contributed by atoms with van der Waals surface area (Å²) in [5, 5.41) is 12.0. The number of hydrogen-bond donors (Lipinski definition) is 0. The van der Waals surface area contributed by atoms with Crippen molar-refractivity contribution in [1.29, 1.82) is 0 Å². The molecule has 0 fully saturated rings. The predicted molar refractivity (Wildman–Crippen MR) is 53.2 cm³/mol. The van der Waals surface area contributed by atoms with Crippen molar-refractivity contribution in [3.8, 4) is 5.69 Å². The summed E-state index contributed by atoms with van der Waals surface area (Å²) in [6.45, 7) is 4.24. The van der Waals surface area contributed by atoms with Gasteiger partial charge < -0.3 is 0 Å². The molecule has 0 aliphatic heterocycles. The fourth-order valence-electron chi connectivity index (χ4n) is 1.21. The molecule has 0 aliphatic carbocycles. The normalized spacial score (nSPS) is 10.8. The van der Waals surface area contributed by atoms with E-state index >= 15 is 0 Å². The van der Waals surface area contributed by atoms with Gasteiger partial charge in [-0.3, -0.25) is 0 Å². The molecule has 2 aromatic rings. The van der Waals surface area contributed by atoms with Gasteiger partial charge in [-0.15, -0.1) is 0 Å². The molecule has 14 heavy (non-hydrogen) atoms. The van der Waals surface area contributed by atoms with E-state index in [0.29, 0.717) is 5.92 Å². The second-order valence-corrected chi connectivity index (χ2v) is 3.44. The first kappa shape index (κ1) is 8.87. The highest BCUT2D eigenvalue weighted by Gasteiger charge is 2.04. The van der Waals surface area contributed by atoms with Gasteiger partial charge in [0.1, 0.15) is 0 Å². The smallest absolute Gasteiger partial charge is 0.0863 e. The average molecular weight is 188 g/mol. The standard InChI is InChI=1S/C10H12N4/c1-8(2)10-4-6-14(13-10)9-3-5-11-12-7-9/h3-8H,1-2H3. The van der Waals surface area contributed by atoms with Gasteiger partial charge in [0.25, 0.3) is 0 Å². The van der Waals surface area contributed by atoms with Gasteiger partial charge in [0.05, 0.1) is 23.8 Å². The Bertz CT molecular complexity index is 405. The van der Waals surface area contributed by atoms with Crippen LogP contribution in [-0.2, 0) is 0 Å². The maximum atomic E-state index is 4.43. The minimum absolute atomic E-state index is 0.450. The Kier molecular flexibility index (Phi) is 2.26. The Morgan fingerprint density at radius 3 is 2.64 bits per heavy atom. The number of hydrogen-bond acceptors (Lipinski definition) is 3. The summed E-state index contributed by atoms with van der Waals surface area (Å²) >= 11 is 0. The zero-order valence-corrected chi connectivity index (χ0v) is 8.25. The van der Waals surface area contributed by atoms with Crippen LogP contribution in [0, 0.1) is 0 Å². The van der Waals surface area contributed by atoms with Crippen LogP contribution in [0.15, 0.2) is 30.7 Å². The third-order valence-corrected chi connectivity index (χ3v) is 2.03. The molecule has 0 radical (unpaired) electrons. The summed E-state index contributed by atoms with van der Waals surface area (Å²) in [6.07, 6.45) is 5.29. The number of nitrogens with zero attached hydrogens (tertiary/aromatic N) is 4. The molecule has 2 rings (SSSR count). The third kappa shape index (κ3) is 1.64. The fourth-order valence-corrected chi connectivity index (χ4v) is 1.21. The maximum absolute atomic E-state index is 4.43. The van der Waals surface area contributed by atoms with Crippen molar-refractivity contribution < 1.29 is 0 Å². The molecule has 0 spiro atoms. The quantitative estimate of drug-likeness (QED) is 0.721. The van der Waals surface area contributed by atoms with Crippen molar-refractivity contribution in [2.45, 2.75) is 19.8 Å². The van der Waals surface area contributed by atoms with Crippen LogP contribution >= 0.6 is 0 Å². The molecule has 0 aliphatic rings. The Labute approximate surface area is 82.6 Å². The van der Waals surface area contributed by atoms with E-state index in [0.717, 1.165) is 11.4 Å². The first-order valence-corrected chi connectivity index (χ1v) is 4.60. The van der Waals surface area contributed by atoms with Crippen LogP contribution in [0.1, 0.15) is 25.5 Å². The SMILES string of the molecule is CC(C)c1ccn(-c2ccnnc2)n1. The van der Waals surface area contributed by atoms with Crippen molar-refractivity contribution in [3.63, 3.8) is 0 Å². The van der Waals surface area contributed by atoms with Crippen molar-refractivity contribution >= 4 is 0 Å². The Morgan fingerprint density at radius 1 is 1.21 bits per heavy atom. The number of aromatic nitrogens is 4. The molecule has 0 N–H and O–H groups in total. The van der Waals surface area contributed by atoms with Gasteiger partial charge in [0.2, 0.25) is 0 Å². The minimum atomic E-state index is 0.450. The zero-order valence-electron chi connectivity index (χ0n) is 8.25. The maximum Gasteiger partial charge on any atom is 0.0863 e. The summed E-state index contributed by atoms with van der Waals surface area (Å²) in [5.74, 6) is 0.450. The van der Waals surface area contributed by atoms with Gasteiger partial charge >= 0.3 is 0 Å². The van der Waals surface area contributed by atoms with E-state index in [1.54, 1.807) is 12.4 Å². The number of rotatable bonds is 2. The van der Waals surface area contributed by atoms with E-state index in [-0.39, 0.29) is 0 Å². The van der Waals surface area contributed by atoms with Gasteiger partial charge in [0, 0.05) is 6.20 Å². The molecular weight excluding hydrogens is 176 g/mol. The molecule has 72 valence electrons. The van der Waals surface area contributed by atoms with Crippen LogP contribution in [-0.4, -0.2) is 20.0 Å². The van der Waals surface area contributed by atoms with Crippen molar-refractivity contribution in [1.82, 2.24) is 20.0 Å². The Balaban J connectivity index is 2.34. The van der Waals surface area contributed by atoms with Crippen LogP contribution in [0.25, 0.3) is 5.69 Å². The van der Waals surface area contributed by atoms with Crippen LogP contribution in [0.4, 0.5) is 0 Å². The average Bonchev–Trinajstić information content (AvgIpc) is 2.68. The van der Waals surface area contributed by atoms with Gasteiger partial charge in [0.15, 0.2) is 0 Å². The molecule has 0 saturated carbocycles. The first-order valence-electron chi connectivity index (χ1n) is 4.60. The van der Waals surface area contributed by atoms with Crippen LogP contribution in [0.5, 0.6) is 0 Å². The lowest BCUT2D eigenvalue weighted by atomic mass is 10.1. The predicted octanol–water partition coefficient (Wildman–Crippen LogP) is 1.79. The second-order valence-electron chi connectivity index (χ2n) is 3.44. The summed E-state index contributed by atoms with van der Waals surface area (Å²) in [4.78, 5) is 0. The van der Waals surface area contributed by atoms with Gasteiger partial charge in [-0.25, -0.2) is 4.68 Å². The lowest BCUT2D eigenvalue weighted by molar-refractivity contribution is 0.764. The monoisotopic (exact) mass is 188 g/mol. The molecule has 2 heterocycles. The zero-order chi connectivity index (χ0) is 9.97. The highest BCUT2D eigenvalue weighted by molar-refractivity contribution is 5.25. The summed E-state index contributed by atoms with van der Waals surface area (Å²) in [5.41, 5.74) is 2.02. The van der Waals surface area contributed by atoms with E-state index in [1.165, 1.54) is 0 Å². The molecule has 2 aromatic heterocycles. The fraction of sp³-hybridized carbons (Fsp3) is 0.300. The Morgan fingerprint density at radius 2 is 2.07 bits per heavy atom. The van der Waals surface area contributed by atoms with E-state index in [2.05, 4.69) is 29.1 Å². The highest BCUT2D eigenvalue weighted by Crippen LogP contribution is 2.12. The van der Waals surface area contributed by atoms with Crippen molar-refractivity contribution in [3.05, 3.63) is 36.4 Å². The highest BCUT2D eigenvalue weighted by atomic mass is 15.3. The minimum Gasteiger partial charge on any atom is -0.239 e. The van der Waals surface area contributed by atoms with E-state index in [9.17, 15) is 0 Å². The van der Waals surface area contributed by atoms with E-state index in [1.807, 2.05) is 23.0 Å².